The number of nitrogens with zero attached hydrogens (tertiary/aromatic N) is 1. The van der Waals surface area contributed by atoms with E-state index in [9.17, 15) is 9.60 Å². The summed E-state index contributed by atoms with van der Waals surface area (Å²) in [4.78, 5) is 0. The monoisotopic (exact) mass is 235 g/mol. The van der Waals surface area contributed by atoms with Crippen LogP contribution in [0.4, 0.5) is 4.39 Å². The summed E-state index contributed by atoms with van der Waals surface area (Å²) in [5.74, 6) is 0.224. The normalized spacial score (nSPS) is 10.3. The second-order valence-corrected chi connectivity index (χ2v) is 4.24. The highest BCUT2D eigenvalue weighted by molar-refractivity contribution is 7.98. The molecule has 1 aromatic carbocycles. The van der Waals surface area contributed by atoms with Crippen molar-refractivity contribution in [2.45, 2.75) is 10.8 Å². The Morgan fingerprint density at radius 2 is 1.88 bits per heavy atom. The molecule has 0 unspecified atom stereocenters. The highest BCUT2D eigenvalue weighted by atomic mass is 32.2. The molecule has 0 amide bonds. The van der Waals surface area contributed by atoms with Gasteiger partial charge in [-0.15, -0.1) is 0 Å². The van der Waals surface area contributed by atoms with E-state index in [1.807, 2.05) is 0 Å². The Morgan fingerprint density at radius 1 is 1.12 bits per heavy atom. The maximum atomic E-state index is 13.3. The van der Waals surface area contributed by atoms with Crippen LogP contribution in [0.3, 0.4) is 0 Å². The van der Waals surface area contributed by atoms with Crippen LogP contribution in [0.1, 0.15) is 5.56 Å². The van der Waals surface area contributed by atoms with Crippen LogP contribution >= 0.6 is 11.8 Å². The molecule has 1 heterocycles. The minimum atomic E-state index is -0.233. The van der Waals surface area contributed by atoms with Crippen LogP contribution in [-0.4, -0.2) is 0 Å². The Hall–Kier alpha value is -1.55. The third kappa shape index (κ3) is 2.52. The molecule has 2 aromatic rings. The van der Waals surface area contributed by atoms with E-state index >= 15 is 0 Å². The van der Waals surface area contributed by atoms with Crippen molar-refractivity contribution in [1.82, 2.24) is 0 Å². The molecule has 0 atom stereocenters. The zero-order chi connectivity index (χ0) is 11.4. The number of halogens is 1. The summed E-state index contributed by atoms with van der Waals surface area (Å²) < 4.78 is 14.1. The smallest absolute Gasteiger partial charge is 0.251 e. The van der Waals surface area contributed by atoms with Crippen molar-refractivity contribution in [3.8, 4) is 0 Å². The van der Waals surface area contributed by atoms with Crippen LogP contribution < -0.4 is 4.73 Å². The molecule has 0 spiro atoms. The first-order chi connectivity index (χ1) is 7.77. The molecule has 0 N–H and O–H groups in total. The lowest BCUT2D eigenvalue weighted by Gasteiger charge is -2.03. The fourth-order valence-electron chi connectivity index (χ4n) is 1.29. The first-order valence-corrected chi connectivity index (χ1v) is 5.80. The van der Waals surface area contributed by atoms with E-state index in [1.54, 1.807) is 36.4 Å². The van der Waals surface area contributed by atoms with Gasteiger partial charge in [-0.05, 0) is 17.7 Å². The molecule has 82 valence electrons. The average molecular weight is 235 g/mol. The lowest BCUT2D eigenvalue weighted by molar-refractivity contribution is -0.645. The van der Waals surface area contributed by atoms with E-state index in [4.69, 9.17) is 0 Å². The molecule has 2 rings (SSSR count). The summed E-state index contributed by atoms with van der Waals surface area (Å²) in [5, 5.41) is 11.9. The van der Waals surface area contributed by atoms with Crippen molar-refractivity contribution in [2.24, 2.45) is 0 Å². The van der Waals surface area contributed by atoms with Crippen molar-refractivity contribution >= 4 is 11.8 Å². The number of rotatable bonds is 3. The van der Waals surface area contributed by atoms with Gasteiger partial charge in [0.1, 0.15) is 5.82 Å². The lowest BCUT2D eigenvalue weighted by atomic mass is 10.2. The fraction of sp³-hybridized carbons (Fsp3) is 0.0833. The second kappa shape index (κ2) is 4.99. The fourth-order valence-corrected chi connectivity index (χ4v) is 2.19. The number of benzene rings is 1. The van der Waals surface area contributed by atoms with Gasteiger partial charge >= 0.3 is 0 Å². The molecule has 0 saturated carbocycles. The van der Waals surface area contributed by atoms with Gasteiger partial charge in [0.05, 0.1) is 0 Å². The van der Waals surface area contributed by atoms with Crippen LogP contribution in [0, 0.1) is 11.0 Å². The first-order valence-electron chi connectivity index (χ1n) is 4.82. The van der Waals surface area contributed by atoms with Gasteiger partial charge in [0.2, 0.25) is 0 Å². The number of thioether (sulfide) groups is 1. The molecule has 16 heavy (non-hydrogen) atoms. The number of aromatic nitrogens is 1. The molecule has 0 aliphatic heterocycles. The molecule has 0 bridgehead atoms. The summed E-state index contributed by atoms with van der Waals surface area (Å²) in [5.41, 5.74) is 0.608. The summed E-state index contributed by atoms with van der Waals surface area (Å²) >= 11 is 1.32. The van der Waals surface area contributed by atoms with E-state index in [-0.39, 0.29) is 5.82 Å². The number of pyridine rings is 1. The Morgan fingerprint density at radius 3 is 2.62 bits per heavy atom. The molecule has 0 aliphatic rings. The van der Waals surface area contributed by atoms with Crippen molar-refractivity contribution in [2.75, 3.05) is 0 Å². The highest BCUT2D eigenvalue weighted by Gasteiger charge is 2.07. The topological polar surface area (TPSA) is 26.9 Å². The maximum Gasteiger partial charge on any atom is 0.251 e. The Kier molecular flexibility index (Phi) is 3.41. The molecule has 0 radical (unpaired) electrons. The van der Waals surface area contributed by atoms with Gasteiger partial charge < -0.3 is 5.21 Å². The van der Waals surface area contributed by atoms with E-state index < -0.39 is 0 Å². The van der Waals surface area contributed by atoms with E-state index in [1.165, 1.54) is 24.0 Å². The van der Waals surface area contributed by atoms with E-state index in [2.05, 4.69) is 0 Å². The molecule has 0 saturated heterocycles. The molecule has 2 nitrogen and oxygen atoms in total. The molecule has 4 heteroatoms. The van der Waals surface area contributed by atoms with Crippen molar-refractivity contribution < 1.29 is 9.12 Å². The summed E-state index contributed by atoms with van der Waals surface area (Å²) in [6.07, 6.45) is 1.43. The van der Waals surface area contributed by atoms with Crippen molar-refractivity contribution in [1.29, 1.82) is 0 Å². The van der Waals surface area contributed by atoms with Gasteiger partial charge in [-0.1, -0.05) is 30.0 Å². The van der Waals surface area contributed by atoms with Crippen LogP contribution in [0.2, 0.25) is 0 Å². The predicted molar refractivity (Wildman–Crippen MR) is 61.4 cm³/mol. The first kappa shape index (κ1) is 11.0. The Bertz CT molecular complexity index is 444. The number of hydrogen-bond donors (Lipinski definition) is 0. The van der Waals surface area contributed by atoms with Crippen molar-refractivity contribution in [3.05, 3.63) is 65.2 Å². The third-order valence-electron chi connectivity index (χ3n) is 2.12. The summed E-state index contributed by atoms with van der Waals surface area (Å²) in [6.45, 7) is 0. The van der Waals surface area contributed by atoms with Gasteiger partial charge in [0.15, 0.2) is 6.20 Å². The number of hydrogen-bond acceptors (Lipinski definition) is 2. The summed E-state index contributed by atoms with van der Waals surface area (Å²) in [6, 6.07) is 11.8. The van der Waals surface area contributed by atoms with Gasteiger partial charge in [-0.2, -0.15) is 4.73 Å². The van der Waals surface area contributed by atoms with E-state index in [0.717, 1.165) is 4.73 Å². The lowest BCUT2D eigenvalue weighted by Crippen LogP contribution is -2.27. The second-order valence-electron chi connectivity index (χ2n) is 3.24. The molecule has 1 aromatic heterocycles. The molecule has 0 fully saturated rings. The van der Waals surface area contributed by atoms with E-state index in [0.29, 0.717) is 16.3 Å². The SMILES string of the molecule is [O-][n+]1ccccc1SCc1ccccc1F. The molecule has 0 aliphatic carbocycles. The van der Waals surface area contributed by atoms with Crippen LogP contribution in [0.25, 0.3) is 0 Å². The molecular weight excluding hydrogens is 225 g/mol. The van der Waals surface area contributed by atoms with Crippen LogP contribution in [0.5, 0.6) is 0 Å². The Balaban J connectivity index is 2.09. The highest BCUT2D eigenvalue weighted by Crippen LogP contribution is 2.20. The van der Waals surface area contributed by atoms with Gasteiger partial charge in [0, 0.05) is 17.9 Å². The largest absolute Gasteiger partial charge is 0.618 e. The van der Waals surface area contributed by atoms with Gasteiger partial charge in [-0.25, -0.2) is 4.39 Å². The standard InChI is InChI=1S/C12H10FNOS/c13-11-6-2-1-5-10(11)9-16-12-7-3-4-8-14(12)15/h1-8H,9H2. The average Bonchev–Trinajstić information content (AvgIpc) is 2.30. The van der Waals surface area contributed by atoms with Crippen molar-refractivity contribution in [3.63, 3.8) is 0 Å². The van der Waals surface area contributed by atoms with Crippen LogP contribution in [-0.2, 0) is 5.75 Å². The maximum absolute atomic E-state index is 13.3. The zero-order valence-corrected chi connectivity index (χ0v) is 9.28. The predicted octanol–water partition coefficient (Wildman–Crippen LogP) is 2.75. The summed E-state index contributed by atoms with van der Waals surface area (Å²) in [7, 11) is 0. The third-order valence-corrected chi connectivity index (χ3v) is 3.19. The molecular formula is C12H10FNOS. The van der Waals surface area contributed by atoms with Gasteiger partial charge in [-0.3, -0.25) is 0 Å². The quantitative estimate of drug-likeness (QED) is 0.464. The minimum Gasteiger partial charge on any atom is -0.618 e. The van der Waals surface area contributed by atoms with Crippen LogP contribution in [0.15, 0.2) is 53.7 Å². The van der Waals surface area contributed by atoms with Gasteiger partial charge in [0.25, 0.3) is 5.03 Å². The zero-order valence-electron chi connectivity index (χ0n) is 8.47. The Labute approximate surface area is 97.3 Å². The minimum absolute atomic E-state index is 0.233.